The summed E-state index contributed by atoms with van der Waals surface area (Å²) in [6.45, 7) is 0.113. The summed E-state index contributed by atoms with van der Waals surface area (Å²) in [5.41, 5.74) is 2.66. The van der Waals surface area contributed by atoms with E-state index in [1.54, 1.807) is 12.1 Å². The van der Waals surface area contributed by atoms with Crippen LogP contribution < -0.4 is 10.6 Å². The van der Waals surface area contributed by atoms with Gasteiger partial charge in [0.25, 0.3) is 0 Å². The largest absolute Gasteiger partial charge is 0.322 e. The number of amides is 1. The van der Waals surface area contributed by atoms with E-state index in [9.17, 15) is 4.79 Å². The van der Waals surface area contributed by atoms with E-state index >= 15 is 0 Å². The molecule has 0 fully saturated rings. The van der Waals surface area contributed by atoms with Crippen LogP contribution in [0.3, 0.4) is 0 Å². The Morgan fingerprint density at radius 3 is 2.04 bits per heavy atom. The normalized spacial score (nSPS) is 11.8. The SMILES string of the molecule is O=C(CNC(Cc1ccccc1)c1ccccc1)Nc1c(Cl)cc(Cl)cc1Cl. The molecule has 0 bridgehead atoms. The molecule has 28 heavy (non-hydrogen) atoms. The molecule has 0 saturated heterocycles. The maximum atomic E-state index is 12.5. The van der Waals surface area contributed by atoms with E-state index in [0.717, 1.165) is 12.0 Å². The molecule has 0 aliphatic heterocycles. The molecule has 3 nitrogen and oxygen atoms in total. The van der Waals surface area contributed by atoms with Crippen molar-refractivity contribution in [3.8, 4) is 0 Å². The van der Waals surface area contributed by atoms with Crippen LogP contribution in [-0.4, -0.2) is 12.5 Å². The van der Waals surface area contributed by atoms with Crippen molar-refractivity contribution >= 4 is 46.4 Å². The van der Waals surface area contributed by atoms with Gasteiger partial charge in [-0.2, -0.15) is 0 Å². The van der Waals surface area contributed by atoms with Crippen LogP contribution in [0.2, 0.25) is 15.1 Å². The third-order valence-corrected chi connectivity index (χ3v) is 5.08. The van der Waals surface area contributed by atoms with E-state index in [1.165, 1.54) is 5.56 Å². The van der Waals surface area contributed by atoms with Crippen molar-refractivity contribution in [2.75, 3.05) is 11.9 Å². The molecular weight excluding hydrogens is 415 g/mol. The molecule has 1 unspecified atom stereocenters. The summed E-state index contributed by atoms with van der Waals surface area (Å²) in [6, 6.07) is 23.3. The molecule has 1 atom stereocenters. The van der Waals surface area contributed by atoms with Crippen LogP contribution >= 0.6 is 34.8 Å². The summed E-state index contributed by atoms with van der Waals surface area (Å²) in [7, 11) is 0. The van der Waals surface area contributed by atoms with E-state index in [2.05, 4.69) is 22.8 Å². The number of carbonyl (C=O) groups excluding carboxylic acids is 1. The van der Waals surface area contributed by atoms with Crippen molar-refractivity contribution in [3.63, 3.8) is 0 Å². The Hall–Kier alpha value is -2.04. The van der Waals surface area contributed by atoms with Crippen LogP contribution in [-0.2, 0) is 11.2 Å². The van der Waals surface area contributed by atoms with Crippen molar-refractivity contribution in [1.82, 2.24) is 5.32 Å². The maximum absolute atomic E-state index is 12.5. The van der Waals surface area contributed by atoms with Gasteiger partial charge in [0.15, 0.2) is 0 Å². The van der Waals surface area contributed by atoms with E-state index < -0.39 is 0 Å². The molecule has 0 aliphatic rings. The number of hydrogen-bond donors (Lipinski definition) is 2. The lowest BCUT2D eigenvalue weighted by atomic mass is 9.99. The first kappa shape index (κ1) is 20.7. The van der Waals surface area contributed by atoms with Gasteiger partial charge >= 0.3 is 0 Å². The van der Waals surface area contributed by atoms with E-state index in [0.29, 0.717) is 20.8 Å². The first-order chi connectivity index (χ1) is 13.5. The summed E-state index contributed by atoms with van der Waals surface area (Å²) in [4.78, 5) is 12.5. The van der Waals surface area contributed by atoms with Gasteiger partial charge in [-0.15, -0.1) is 0 Å². The summed E-state index contributed by atoms with van der Waals surface area (Å²) in [6.07, 6.45) is 0.764. The molecule has 3 aromatic carbocycles. The molecule has 0 radical (unpaired) electrons. The predicted octanol–water partition coefficient (Wildman–Crippen LogP) is 6.16. The number of nitrogens with one attached hydrogen (secondary N) is 2. The van der Waals surface area contributed by atoms with E-state index in [-0.39, 0.29) is 18.5 Å². The number of anilines is 1. The molecule has 0 saturated carbocycles. The highest BCUT2D eigenvalue weighted by Gasteiger charge is 2.15. The average molecular weight is 434 g/mol. The minimum Gasteiger partial charge on any atom is -0.322 e. The number of benzene rings is 3. The zero-order valence-corrected chi connectivity index (χ0v) is 17.2. The van der Waals surface area contributed by atoms with Gasteiger partial charge in [0.05, 0.1) is 22.3 Å². The van der Waals surface area contributed by atoms with Gasteiger partial charge in [-0.3, -0.25) is 4.79 Å². The van der Waals surface area contributed by atoms with Crippen LogP contribution in [0.5, 0.6) is 0 Å². The molecule has 0 aliphatic carbocycles. The van der Waals surface area contributed by atoms with Crippen molar-refractivity contribution in [2.45, 2.75) is 12.5 Å². The fourth-order valence-corrected chi connectivity index (χ4v) is 3.82. The van der Waals surface area contributed by atoms with Crippen molar-refractivity contribution < 1.29 is 4.79 Å². The summed E-state index contributed by atoms with van der Waals surface area (Å²) >= 11 is 18.2. The second kappa shape index (κ2) is 9.94. The molecule has 144 valence electrons. The van der Waals surface area contributed by atoms with Gasteiger partial charge in [0.1, 0.15) is 0 Å². The van der Waals surface area contributed by atoms with Crippen LogP contribution in [0.15, 0.2) is 72.8 Å². The Labute approximate surface area is 179 Å². The lowest BCUT2D eigenvalue weighted by Crippen LogP contribution is -2.32. The lowest BCUT2D eigenvalue weighted by molar-refractivity contribution is -0.115. The zero-order valence-electron chi connectivity index (χ0n) is 15.0. The minimum absolute atomic E-state index is 0.00879. The highest BCUT2D eigenvalue weighted by Crippen LogP contribution is 2.33. The number of rotatable bonds is 7. The Morgan fingerprint density at radius 1 is 0.857 bits per heavy atom. The average Bonchev–Trinajstić information content (AvgIpc) is 2.69. The van der Waals surface area contributed by atoms with E-state index in [4.69, 9.17) is 34.8 Å². The van der Waals surface area contributed by atoms with Gasteiger partial charge in [-0.1, -0.05) is 95.5 Å². The third kappa shape index (κ3) is 5.73. The number of carbonyl (C=O) groups is 1. The lowest BCUT2D eigenvalue weighted by Gasteiger charge is -2.20. The number of halogens is 3. The second-order valence-corrected chi connectivity index (χ2v) is 7.58. The quantitative estimate of drug-likeness (QED) is 0.468. The van der Waals surface area contributed by atoms with Crippen LogP contribution in [0.1, 0.15) is 17.2 Å². The minimum atomic E-state index is -0.236. The fourth-order valence-electron chi connectivity index (χ4n) is 2.90. The topological polar surface area (TPSA) is 41.1 Å². The standard InChI is InChI=1S/C22H19Cl3N2O/c23-17-12-18(24)22(19(25)13-17)27-21(28)14-26-20(16-9-5-2-6-10-16)11-15-7-3-1-4-8-15/h1-10,12-13,20,26H,11,14H2,(H,27,28). The Bertz CT molecular complexity index is 910. The van der Waals surface area contributed by atoms with Gasteiger partial charge in [0, 0.05) is 11.1 Å². The Kier molecular flexibility index (Phi) is 7.35. The van der Waals surface area contributed by atoms with Crippen LogP contribution in [0.4, 0.5) is 5.69 Å². The van der Waals surface area contributed by atoms with Crippen LogP contribution in [0, 0.1) is 0 Å². The fraction of sp³-hybridized carbons (Fsp3) is 0.136. The molecule has 3 aromatic rings. The number of hydrogen-bond acceptors (Lipinski definition) is 2. The highest BCUT2D eigenvalue weighted by atomic mass is 35.5. The van der Waals surface area contributed by atoms with Crippen molar-refractivity contribution in [2.24, 2.45) is 0 Å². The summed E-state index contributed by atoms with van der Waals surface area (Å²) in [5.74, 6) is -0.236. The van der Waals surface area contributed by atoms with Gasteiger partial charge in [0.2, 0.25) is 5.91 Å². The molecule has 2 N–H and O–H groups in total. The summed E-state index contributed by atoms with van der Waals surface area (Å²) < 4.78 is 0. The molecule has 3 rings (SSSR count). The molecular formula is C22H19Cl3N2O. The maximum Gasteiger partial charge on any atom is 0.238 e. The van der Waals surface area contributed by atoms with Crippen molar-refractivity contribution in [1.29, 1.82) is 0 Å². The first-order valence-corrected chi connectivity index (χ1v) is 9.93. The molecule has 0 aromatic heterocycles. The first-order valence-electron chi connectivity index (χ1n) is 8.79. The zero-order chi connectivity index (χ0) is 19.9. The van der Waals surface area contributed by atoms with Gasteiger partial charge in [-0.25, -0.2) is 0 Å². The second-order valence-electron chi connectivity index (χ2n) is 6.33. The summed E-state index contributed by atoms with van der Waals surface area (Å²) in [5, 5.41) is 7.10. The van der Waals surface area contributed by atoms with Crippen LogP contribution in [0.25, 0.3) is 0 Å². The predicted molar refractivity (Wildman–Crippen MR) is 117 cm³/mol. The monoisotopic (exact) mass is 432 g/mol. The van der Waals surface area contributed by atoms with Gasteiger partial charge < -0.3 is 10.6 Å². The Morgan fingerprint density at radius 2 is 1.43 bits per heavy atom. The van der Waals surface area contributed by atoms with Gasteiger partial charge in [-0.05, 0) is 29.7 Å². The smallest absolute Gasteiger partial charge is 0.238 e. The highest BCUT2D eigenvalue weighted by molar-refractivity contribution is 6.42. The third-order valence-electron chi connectivity index (χ3n) is 4.26. The molecule has 0 heterocycles. The van der Waals surface area contributed by atoms with E-state index in [1.807, 2.05) is 48.5 Å². The molecule has 0 spiro atoms. The van der Waals surface area contributed by atoms with Crippen molar-refractivity contribution in [3.05, 3.63) is 99.0 Å². The molecule has 1 amide bonds. The Balaban J connectivity index is 1.69. The molecule has 6 heteroatoms.